The molecule has 1 amide bonds. The van der Waals surface area contributed by atoms with Gasteiger partial charge in [0, 0.05) is 53.4 Å². The van der Waals surface area contributed by atoms with Crippen LogP contribution in [0.4, 0.5) is 11.4 Å². The number of carbonyl (C=O) groups is 2. The lowest BCUT2D eigenvalue weighted by Crippen LogP contribution is -2.17. The standard InChI is InChI=1S/C26H21Cl5N2O2/c1-33(2)19-6-3-14(4-7-19)9-22(34)20-13-18(5-8-21(20)29)32-25(35)24-23(26(24,30)31)15-10-16(27)12-17(28)11-15/h3-8,10-13,23-24H,9H2,1-2H3,(H,32,35). The molecule has 2 unspecified atom stereocenters. The summed E-state index contributed by atoms with van der Waals surface area (Å²) in [5, 5.41) is 3.97. The van der Waals surface area contributed by atoms with Crippen LogP contribution in [0.15, 0.2) is 60.7 Å². The summed E-state index contributed by atoms with van der Waals surface area (Å²) in [5.74, 6) is -1.73. The molecule has 0 saturated heterocycles. The first-order valence-electron chi connectivity index (χ1n) is 10.7. The maximum atomic E-state index is 13.0. The molecule has 0 heterocycles. The molecular formula is C26H21Cl5N2O2. The van der Waals surface area contributed by atoms with Crippen molar-refractivity contribution in [3.8, 4) is 0 Å². The molecule has 3 aromatic rings. The molecule has 1 aliphatic carbocycles. The minimum absolute atomic E-state index is 0.161. The van der Waals surface area contributed by atoms with E-state index in [-0.39, 0.29) is 18.1 Å². The lowest BCUT2D eigenvalue weighted by atomic mass is 10.0. The topological polar surface area (TPSA) is 49.4 Å². The van der Waals surface area contributed by atoms with Gasteiger partial charge in [-0.25, -0.2) is 0 Å². The molecule has 35 heavy (non-hydrogen) atoms. The third-order valence-corrected chi connectivity index (χ3v) is 7.64. The molecule has 0 radical (unpaired) electrons. The average Bonchev–Trinajstić information content (AvgIpc) is 3.36. The highest BCUT2D eigenvalue weighted by molar-refractivity contribution is 6.53. The van der Waals surface area contributed by atoms with E-state index in [9.17, 15) is 9.59 Å². The van der Waals surface area contributed by atoms with Crippen LogP contribution in [0.2, 0.25) is 15.1 Å². The van der Waals surface area contributed by atoms with Crippen molar-refractivity contribution in [2.24, 2.45) is 5.92 Å². The van der Waals surface area contributed by atoms with Crippen LogP contribution in [0.3, 0.4) is 0 Å². The highest BCUT2D eigenvalue weighted by Gasteiger charge is 2.67. The zero-order valence-corrected chi connectivity index (χ0v) is 22.6. The van der Waals surface area contributed by atoms with Crippen LogP contribution in [-0.4, -0.2) is 30.1 Å². The van der Waals surface area contributed by atoms with E-state index in [4.69, 9.17) is 58.0 Å². The molecule has 182 valence electrons. The first kappa shape index (κ1) is 26.1. The molecule has 9 heteroatoms. The van der Waals surface area contributed by atoms with Gasteiger partial charge in [0.25, 0.3) is 0 Å². The fourth-order valence-corrected chi connectivity index (χ4v) is 5.65. The van der Waals surface area contributed by atoms with E-state index >= 15 is 0 Å². The number of anilines is 2. The molecule has 1 aliphatic rings. The van der Waals surface area contributed by atoms with Crippen LogP contribution in [0.5, 0.6) is 0 Å². The average molecular weight is 571 g/mol. The third kappa shape index (κ3) is 5.73. The summed E-state index contributed by atoms with van der Waals surface area (Å²) in [5.41, 5.74) is 3.32. The number of benzene rings is 3. The lowest BCUT2D eigenvalue weighted by molar-refractivity contribution is -0.117. The molecule has 0 aromatic heterocycles. The van der Waals surface area contributed by atoms with Gasteiger partial charge in [0.1, 0.15) is 4.33 Å². The zero-order valence-electron chi connectivity index (χ0n) is 18.8. The Morgan fingerprint density at radius 2 is 1.54 bits per heavy atom. The summed E-state index contributed by atoms with van der Waals surface area (Å²) >= 11 is 31.4. The van der Waals surface area contributed by atoms with Crippen LogP contribution in [0, 0.1) is 5.92 Å². The number of Topliss-reactive ketones (excluding diaryl/α,β-unsaturated/α-hetero) is 1. The van der Waals surface area contributed by atoms with Gasteiger partial charge in [0.2, 0.25) is 5.91 Å². The summed E-state index contributed by atoms with van der Waals surface area (Å²) < 4.78 is -1.30. The number of nitrogens with zero attached hydrogens (tertiary/aromatic N) is 1. The van der Waals surface area contributed by atoms with Crippen LogP contribution in [0.1, 0.15) is 27.4 Å². The smallest absolute Gasteiger partial charge is 0.231 e. The van der Waals surface area contributed by atoms with Gasteiger partial charge in [-0.3, -0.25) is 9.59 Å². The number of hydrogen-bond donors (Lipinski definition) is 1. The van der Waals surface area contributed by atoms with Crippen molar-refractivity contribution in [2.75, 3.05) is 24.3 Å². The van der Waals surface area contributed by atoms with E-state index in [1.165, 1.54) is 0 Å². The Bertz CT molecular complexity index is 1270. The maximum absolute atomic E-state index is 13.0. The summed E-state index contributed by atoms with van der Waals surface area (Å²) in [6.07, 6.45) is 0.178. The minimum atomic E-state index is -1.30. The van der Waals surface area contributed by atoms with Gasteiger partial charge in [0.15, 0.2) is 5.78 Å². The van der Waals surface area contributed by atoms with E-state index < -0.39 is 16.2 Å². The molecule has 0 spiro atoms. The largest absolute Gasteiger partial charge is 0.378 e. The zero-order chi connectivity index (χ0) is 25.5. The minimum Gasteiger partial charge on any atom is -0.378 e. The molecular weight excluding hydrogens is 550 g/mol. The van der Waals surface area contributed by atoms with Crippen molar-refractivity contribution in [3.05, 3.63) is 92.4 Å². The van der Waals surface area contributed by atoms with Gasteiger partial charge < -0.3 is 10.2 Å². The van der Waals surface area contributed by atoms with E-state index in [2.05, 4.69) is 5.32 Å². The number of hydrogen-bond acceptors (Lipinski definition) is 3. The van der Waals surface area contributed by atoms with Gasteiger partial charge in [-0.15, -0.1) is 23.2 Å². The molecule has 1 fully saturated rings. The Balaban J connectivity index is 1.48. The molecule has 4 rings (SSSR count). The van der Waals surface area contributed by atoms with Crippen molar-refractivity contribution in [3.63, 3.8) is 0 Å². The van der Waals surface area contributed by atoms with Crippen molar-refractivity contribution >= 4 is 81.1 Å². The molecule has 1 saturated carbocycles. The van der Waals surface area contributed by atoms with E-state index in [1.807, 2.05) is 43.3 Å². The predicted octanol–water partition coefficient (Wildman–Crippen LogP) is 7.66. The summed E-state index contributed by atoms with van der Waals surface area (Å²) in [6.45, 7) is 0. The van der Waals surface area contributed by atoms with Crippen LogP contribution >= 0.6 is 58.0 Å². The second-order valence-corrected chi connectivity index (χ2v) is 11.4. The van der Waals surface area contributed by atoms with Gasteiger partial charge in [-0.1, -0.05) is 46.9 Å². The number of alkyl halides is 2. The third-order valence-electron chi connectivity index (χ3n) is 5.93. The number of ketones is 1. The Kier molecular flexibility index (Phi) is 7.61. The van der Waals surface area contributed by atoms with Crippen LogP contribution < -0.4 is 10.2 Å². The van der Waals surface area contributed by atoms with E-state index in [1.54, 1.807) is 36.4 Å². The van der Waals surface area contributed by atoms with Crippen LogP contribution in [-0.2, 0) is 11.2 Å². The fraction of sp³-hybridized carbons (Fsp3) is 0.231. The van der Waals surface area contributed by atoms with Gasteiger partial charge in [0.05, 0.1) is 10.9 Å². The lowest BCUT2D eigenvalue weighted by Gasteiger charge is -2.13. The van der Waals surface area contributed by atoms with Crippen molar-refractivity contribution in [1.82, 2.24) is 0 Å². The van der Waals surface area contributed by atoms with Gasteiger partial charge in [-0.05, 0) is 59.7 Å². The highest BCUT2D eigenvalue weighted by Crippen LogP contribution is 2.65. The molecule has 1 N–H and O–H groups in total. The van der Waals surface area contributed by atoms with Crippen molar-refractivity contribution in [2.45, 2.75) is 16.7 Å². The molecule has 2 atom stereocenters. The number of nitrogens with one attached hydrogen (secondary N) is 1. The highest BCUT2D eigenvalue weighted by atomic mass is 35.5. The summed E-state index contributed by atoms with van der Waals surface area (Å²) in [6, 6.07) is 17.5. The molecule has 0 bridgehead atoms. The van der Waals surface area contributed by atoms with Gasteiger partial charge >= 0.3 is 0 Å². The first-order valence-corrected chi connectivity index (χ1v) is 12.6. The molecule has 4 nitrogen and oxygen atoms in total. The monoisotopic (exact) mass is 568 g/mol. The maximum Gasteiger partial charge on any atom is 0.231 e. The fourth-order valence-electron chi connectivity index (χ4n) is 4.05. The van der Waals surface area contributed by atoms with Crippen molar-refractivity contribution < 1.29 is 9.59 Å². The Labute approximate surface area is 229 Å². The number of rotatable bonds is 7. The number of amides is 1. The number of carbonyl (C=O) groups excluding carboxylic acids is 2. The summed E-state index contributed by atoms with van der Waals surface area (Å²) in [4.78, 5) is 28.0. The van der Waals surface area contributed by atoms with E-state index in [0.717, 1.165) is 11.3 Å². The Morgan fingerprint density at radius 1 is 0.914 bits per heavy atom. The van der Waals surface area contributed by atoms with Crippen molar-refractivity contribution in [1.29, 1.82) is 0 Å². The SMILES string of the molecule is CN(C)c1ccc(CC(=O)c2cc(NC(=O)C3C(c4cc(Cl)cc(Cl)c4)C3(Cl)Cl)ccc2Cl)cc1. The van der Waals surface area contributed by atoms with Crippen LogP contribution in [0.25, 0.3) is 0 Å². The molecule has 3 aromatic carbocycles. The predicted molar refractivity (Wildman–Crippen MR) is 146 cm³/mol. The van der Waals surface area contributed by atoms with Gasteiger partial charge in [-0.2, -0.15) is 0 Å². The second-order valence-electron chi connectivity index (χ2n) is 8.68. The second kappa shape index (κ2) is 10.2. The summed E-state index contributed by atoms with van der Waals surface area (Å²) in [7, 11) is 3.90. The van der Waals surface area contributed by atoms with E-state index in [0.29, 0.717) is 31.9 Å². The quantitative estimate of drug-likeness (QED) is 0.234. The Hall–Kier alpha value is -1.95. The normalized spacial score (nSPS) is 18.1. The Morgan fingerprint density at radius 3 is 2.14 bits per heavy atom. The number of halogens is 5. The molecule has 0 aliphatic heterocycles. The first-order chi connectivity index (χ1) is 16.5.